The Morgan fingerprint density at radius 1 is 1.23 bits per heavy atom. The molecule has 0 fully saturated rings. The molecule has 0 saturated heterocycles. The van der Waals surface area contributed by atoms with E-state index in [1.165, 1.54) is 0 Å². The van der Waals surface area contributed by atoms with Crippen LogP contribution in [0.15, 0.2) is 45.9 Å². The van der Waals surface area contributed by atoms with Crippen LogP contribution in [0.25, 0.3) is 0 Å². The summed E-state index contributed by atoms with van der Waals surface area (Å²) < 4.78 is 10.9. The van der Waals surface area contributed by atoms with Crippen molar-refractivity contribution in [2.45, 2.75) is 39.3 Å². The first-order chi connectivity index (χ1) is 12.1. The molecule has 1 atom stereocenters. The summed E-state index contributed by atoms with van der Waals surface area (Å²) in [6.45, 7) is 8.06. The Labute approximate surface area is 172 Å². The van der Waals surface area contributed by atoms with Crippen LogP contribution < -0.4 is 10.6 Å². The number of nitrogens with zero attached hydrogens (tertiary/aromatic N) is 2. The van der Waals surface area contributed by atoms with E-state index in [4.69, 9.17) is 9.26 Å². The largest absolute Gasteiger partial charge is 0.375 e. The quantitative estimate of drug-likeness (QED) is 0.347. The van der Waals surface area contributed by atoms with Gasteiger partial charge in [0, 0.05) is 26.3 Å². The first kappa shape index (κ1) is 22.4. The van der Waals surface area contributed by atoms with Gasteiger partial charge in [-0.1, -0.05) is 49.3 Å². The normalized spacial score (nSPS) is 12.6. The average molecular weight is 472 g/mol. The van der Waals surface area contributed by atoms with Crippen molar-refractivity contribution in [2.24, 2.45) is 4.99 Å². The molecule has 2 aromatic rings. The number of hydrogen-bond donors (Lipinski definition) is 2. The van der Waals surface area contributed by atoms with Crippen molar-refractivity contribution in [1.82, 2.24) is 15.8 Å². The first-order valence-electron chi connectivity index (χ1n) is 8.69. The van der Waals surface area contributed by atoms with Crippen molar-refractivity contribution in [3.8, 4) is 0 Å². The van der Waals surface area contributed by atoms with Gasteiger partial charge in [-0.05, 0) is 18.4 Å². The van der Waals surface area contributed by atoms with E-state index in [-0.39, 0.29) is 30.1 Å². The summed E-state index contributed by atoms with van der Waals surface area (Å²) in [4.78, 5) is 4.56. The number of hydrogen-bond acceptors (Lipinski definition) is 4. The smallest absolute Gasteiger partial charge is 0.191 e. The van der Waals surface area contributed by atoms with Gasteiger partial charge in [-0.15, -0.1) is 24.0 Å². The van der Waals surface area contributed by atoms with Gasteiger partial charge in [0.15, 0.2) is 11.7 Å². The highest BCUT2D eigenvalue weighted by Crippen LogP contribution is 2.15. The van der Waals surface area contributed by atoms with Crippen LogP contribution in [-0.2, 0) is 11.3 Å². The van der Waals surface area contributed by atoms with E-state index >= 15 is 0 Å². The number of ether oxygens (including phenoxy) is 1. The van der Waals surface area contributed by atoms with Crippen LogP contribution in [0.1, 0.15) is 49.8 Å². The third-order valence-electron chi connectivity index (χ3n) is 3.82. The molecule has 144 valence electrons. The van der Waals surface area contributed by atoms with E-state index in [2.05, 4.69) is 46.8 Å². The van der Waals surface area contributed by atoms with E-state index in [9.17, 15) is 0 Å². The number of aliphatic imine (C=N–C) groups is 1. The van der Waals surface area contributed by atoms with E-state index in [0.29, 0.717) is 19.0 Å². The van der Waals surface area contributed by atoms with Gasteiger partial charge < -0.3 is 19.9 Å². The number of aromatic nitrogens is 1. The summed E-state index contributed by atoms with van der Waals surface area (Å²) in [5, 5.41) is 10.6. The zero-order valence-electron chi connectivity index (χ0n) is 15.9. The number of guanidine groups is 1. The third kappa shape index (κ3) is 6.95. The Bertz CT molecular complexity index is 659. The molecule has 0 aliphatic rings. The van der Waals surface area contributed by atoms with Crippen molar-refractivity contribution >= 4 is 29.9 Å². The molecule has 6 nitrogen and oxygen atoms in total. The van der Waals surface area contributed by atoms with E-state index in [0.717, 1.165) is 29.5 Å². The highest BCUT2D eigenvalue weighted by atomic mass is 127. The lowest BCUT2D eigenvalue weighted by Crippen LogP contribution is -2.39. The summed E-state index contributed by atoms with van der Waals surface area (Å²) in [6.07, 6.45) is -0.0390. The number of halogens is 1. The zero-order valence-corrected chi connectivity index (χ0v) is 18.2. The lowest BCUT2D eigenvalue weighted by Gasteiger charge is -2.18. The second kappa shape index (κ2) is 11.9. The maximum absolute atomic E-state index is 5.58. The highest BCUT2D eigenvalue weighted by Gasteiger charge is 2.11. The second-order valence-corrected chi connectivity index (χ2v) is 6.08. The van der Waals surface area contributed by atoms with E-state index in [1.54, 1.807) is 7.11 Å². The van der Waals surface area contributed by atoms with Crippen molar-refractivity contribution in [3.05, 3.63) is 53.4 Å². The van der Waals surface area contributed by atoms with Gasteiger partial charge in [0.2, 0.25) is 0 Å². The molecule has 0 bridgehead atoms. The van der Waals surface area contributed by atoms with E-state index in [1.807, 2.05) is 31.2 Å². The van der Waals surface area contributed by atoms with Gasteiger partial charge in [0.1, 0.15) is 6.54 Å². The lowest BCUT2D eigenvalue weighted by molar-refractivity contribution is 0.106. The predicted molar refractivity (Wildman–Crippen MR) is 115 cm³/mol. The highest BCUT2D eigenvalue weighted by molar-refractivity contribution is 14.0. The molecule has 2 rings (SSSR count). The second-order valence-electron chi connectivity index (χ2n) is 6.08. The Morgan fingerprint density at radius 3 is 2.54 bits per heavy atom. The lowest BCUT2D eigenvalue weighted by atomic mass is 10.1. The predicted octanol–water partition coefficient (Wildman–Crippen LogP) is 3.86. The molecule has 0 spiro atoms. The van der Waals surface area contributed by atoms with Gasteiger partial charge in [-0.25, -0.2) is 4.99 Å². The molecule has 0 saturated carbocycles. The monoisotopic (exact) mass is 472 g/mol. The molecule has 2 N–H and O–H groups in total. The number of nitrogens with one attached hydrogen (secondary N) is 2. The van der Waals surface area contributed by atoms with Gasteiger partial charge in [0.05, 0.1) is 11.8 Å². The van der Waals surface area contributed by atoms with Crippen molar-refractivity contribution in [2.75, 3.05) is 20.2 Å². The third-order valence-corrected chi connectivity index (χ3v) is 3.82. The standard InChI is InChI=1S/C19H28N4O2.HI/c1-5-20-19(21-12-16-11-17(14(2)3)23-25-16)22-13-18(24-4)15-9-7-6-8-10-15;/h6-11,14,18H,5,12-13H2,1-4H3,(H2,20,21,22);1H. The summed E-state index contributed by atoms with van der Waals surface area (Å²) in [5.74, 6) is 1.83. The van der Waals surface area contributed by atoms with Crippen LogP contribution in [0.4, 0.5) is 0 Å². The average Bonchev–Trinajstić information content (AvgIpc) is 3.10. The molecule has 0 amide bonds. The van der Waals surface area contributed by atoms with Crippen LogP contribution in [-0.4, -0.2) is 31.3 Å². The van der Waals surface area contributed by atoms with Gasteiger partial charge in [0.25, 0.3) is 0 Å². The molecule has 1 aromatic heterocycles. The Kier molecular flexibility index (Phi) is 10.3. The molecular weight excluding hydrogens is 443 g/mol. The number of rotatable bonds is 8. The number of benzene rings is 1. The summed E-state index contributed by atoms with van der Waals surface area (Å²) in [7, 11) is 1.71. The zero-order chi connectivity index (χ0) is 18.1. The van der Waals surface area contributed by atoms with Crippen molar-refractivity contribution in [1.29, 1.82) is 0 Å². The van der Waals surface area contributed by atoms with Crippen LogP contribution in [0.2, 0.25) is 0 Å². The Hall–Kier alpha value is -1.61. The van der Waals surface area contributed by atoms with Crippen LogP contribution in [0.5, 0.6) is 0 Å². The molecule has 0 aliphatic carbocycles. The summed E-state index contributed by atoms with van der Waals surface area (Å²) in [5.41, 5.74) is 2.08. The summed E-state index contributed by atoms with van der Waals surface area (Å²) >= 11 is 0. The van der Waals surface area contributed by atoms with E-state index < -0.39 is 0 Å². The fourth-order valence-electron chi connectivity index (χ4n) is 2.37. The molecule has 7 heteroatoms. The molecule has 1 aromatic carbocycles. The van der Waals surface area contributed by atoms with Gasteiger partial charge in [-0.3, -0.25) is 0 Å². The van der Waals surface area contributed by atoms with Crippen molar-refractivity contribution < 1.29 is 9.26 Å². The topological polar surface area (TPSA) is 71.7 Å². The minimum Gasteiger partial charge on any atom is -0.375 e. The SMILES string of the molecule is CCNC(=NCc1cc(C(C)C)no1)NCC(OC)c1ccccc1.I. The number of methoxy groups -OCH3 is 1. The van der Waals surface area contributed by atoms with Gasteiger partial charge >= 0.3 is 0 Å². The molecule has 1 unspecified atom stereocenters. The Morgan fingerprint density at radius 2 is 1.96 bits per heavy atom. The van der Waals surface area contributed by atoms with Crippen LogP contribution in [0, 0.1) is 0 Å². The minimum absolute atomic E-state index is 0. The summed E-state index contributed by atoms with van der Waals surface area (Å²) in [6, 6.07) is 12.1. The molecule has 26 heavy (non-hydrogen) atoms. The van der Waals surface area contributed by atoms with Crippen LogP contribution >= 0.6 is 24.0 Å². The molecule has 1 heterocycles. The Balaban J connectivity index is 0.00000338. The minimum atomic E-state index is -0.0390. The first-order valence-corrected chi connectivity index (χ1v) is 8.69. The van der Waals surface area contributed by atoms with Crippen LogP contribution in [0.3, 0.4) is 0 Å². The maximum atomic E-state index is 5.58. The molecular formula is C19H29IN4O2. The fraction of sp³-hybridized carbons (Fsp3) is 0.474. The van der Waals surface area contributed by atoms with Crippen molar-refractivity contribution in [3.63, 3.8) is 0 Å². The molecule has 0 radical (unpaired) electrons. The maximum Gasteiger partial charge on any atom is 0.191 e. The van der Waals surface area contributed by atoms with Gasteiger partial charge in [-0.2, -0.15) is 0 Å². The molecule has 0 aliphatic heterocycles. The fourth-order valence-corrected chi connectivity index (χ4v) is 2.37.